The van der Waals surface area contributed by atoms with Crippen LogP contribution >= 0.6 is 0 Å². The molecule has 0 amide bonds. The summed E-state index contributed by atoms with van der Waals surface area (Å²) in [6.45, 7) is 9.07. The number of rotatable bonds is 13. The molecular weight excluding hydrogens is 638 g/mol. The van der Waals surface area contributed by atoms with Crippen LogP contribution in [-0.2, 0) is 31.8 Å². The van der Waals surface area contributed by atoms with Crippen LogP contribution in [0.1, 0.15) is 68.4 Å². The SMILES string of the molecule is CC(C)=CCc1cc(C(=O)OC[C@@H]2CCN3CCC[C@H]23)cc(CC=C(C)C)c1O[C@@H]1O[C@H](CO)[C@@H](O)[C@H](O)[C@H]1O[C@@H]1O[C@@H](CO)[C@H](O)[C@H]1O. The van der Waals surface area contributed by atoms with E-state index in [1.165, 1.54) is 6.42 Å². The van der Waals surface area contributed by atoms with Gasteiger partial charge in [-0.3, -0.25) is 4.90 Å². The van der Waals surface area contributed by atoms with Gasteiger partial charge in [0.15, 0.2) is 12.4 Å². The summed E-state index contributed by atoms with van der Waals surface area (Å²) in [5.74, 6) is 0.226. The van der Waals surface area contributed by atoms with Gasteiger partial charge in [-0.25, -0.2) is 4.79 Å². The molecule has 4 aliphatic heterocycles. The molecule has 1 aromatic rings. The van der Waals surface area contributed by atoms with Gasteiger partial charge >= 0.3 is 5.97 Å². The maximum Gasteiger partial charge on any atom is 0.338 e. The van der Waals surface area contributed by atoms with Gasteiger partial charge in [0.05, 0.1) is 25.4 Å². The summed E-state index contributed by atoms with van der Waals surface area (Å²) in [6.07, 6.45) is -5.06. The molecule has 13 nitrogen and oxygen atoms in total. The number of aliphatic hydroxyl groups excluding tert-OH is 6. The third-order valence-electron chi connectivity index (χ3n) is 9.96. The van der Waals surface area contributed by atoms with E-state index < -0.39 is 74.5 Å². The maximum atomic E-state index is 13.6. The number of carbonyl (C=O) groups is 1. The lowest BCUT2D eigenvalue weighted by Crippen LogP contribution is -2.62. The van der Waals surface area contributed by atoms with Crippen LogP contribution in [0.4, 0.5) is 0 Å². The number of hydrogen-bond acceptors (Lipinski definition) is 13. The van der Waals surface area contributed by atoms with E-state index in [1.807, 2.05) is 39.8 Å². The Balaban J connectivity index is 1.47. The van der Waals surface area contributed by atoms with Gasteiger partial charge in [0.1, 0.15) is 42.4 Å². The molecule has 274 valence electrons. The van der Waals surface area contributed by atoms with E-state index in [4.69, 9.17) is 23.7 Å². The molecule has 4 aliphatic rings. The highest BCUT2D eigenvalue weighted by atomic mass is 16.8. The van der Waals surface area contributed by atoms with Crippen molar-refractivity contribution in [2.24, 2.45) is 5.92 Å². The van der Waals surface area contributed by atoms with Gasteiger partial charge in [-0.2, -0.15) is 0 Å². The Labute approximate surface area is 287 Å². The third kappa shape index (κ3) is 8.73. The second kappa shape index (κ2) is 16.7. The molecule has 0 spiro atoms. The second-order valence-electron chi connectivity index (χ2n) is 14.1. The zero-order valence-corrected chi connectivity index (χ0v) is 28.8. The van der Waals surface area contributed by atoms with Crippen LogP contribution in [0.5, 0.6) is 5.75 Å². The number of allylic oxidation sites excluding steroid dienone is 4. The lowest BCUT2D eigenvalue weighted by molar-refractivity contribution is -0.320. The summed E-state index contributed by atoms with van der Waals surface area (Å²) in [7, 11) is 0. The molecule has 4 heterocycles. The molecule has 0 saturated carbocycles. The van der Waals surface area contributed by atoms with Crippen molar-refractivity contribution in [1.29, 1.82) is 0 Å². The molecule has 0 aliphatic carbocycles. The first kappa shape index (κ1) is 37.8. The molecule has 11 atom stereocenters. The fourth-order valence-corrected chi connectivity index (χ4v) is 7.15. The monoisotopic (exact) mass is 691 g/mol. The summed E-state index contributed by atoms with van der Waals surface area (Å²) >= 11 is 0. The van der Waals surface area contributed by atoms with Crippen LogP contribution in [0.25, 0.3) is 0 Å². The molecule has 0 radical (unpaired) electrons. The molecule has 0 aromatic heterocycles. The van der Waals surface area contributed by atoms with Crippen molar-refractivity contribution in [3.63, 3.8) is 0 Å². The fourth-order valence-electron chi connectivity index (χ4n) is 7.15. The van der Waals surface area contributed by atoms with Gasteiger partial charge in [-0.15, -0.1) is 0 Å². The van der Waals surface area contributed by atoms with Crippen LogP contribution < -0.4 is 4.74 Å². The standard InChI is InChI=1S/C36H53NO12/c1-19(2)7-9-21-14-24(34(44)45-18-23-11-13-37-12-5-6-25(23)37)15-22(10-8-20(3)4)32(21)48-36-33(30(42)28(40)26(16-38)47-36)49-35-31(43)29(41)27(17-39)46-35/h7-8,14-15,23,25-31,33,35-36,38-43H,5-6,9-13,16-18H2,1-4H3/t23-,25+,26+,27-,28+,29-,30-,31+,33+,35-,36-/m0/s1. The Morgan fingerprint density at radius 1 is 0.837 bits per heavy atom. The lowest BCUT2D eigenvalue weighted by Gasteiger charge is -2.43. The molecule has 0 bridgehead atoms. The summed E-state index contributed by atoms with van der Waals surface area (Å²) in [4.78, 5) is 16.1. The van der Waals surface area contributed by atoms with Crippen molar-refractivity contribution in [2.45, 2.75) is 121 Å². The molecule has 1 aromatic carbocycles. The number of nitrogens with zero attached hydrogens (tertiary/aromatic N) is 1. The number of esters is 1. The van der Waals surface area contributed by atoms with Gasteiger partial charge in [0.25, 0.3) is 0 Å². The zero-order chi connectivity index (χ0) is 35.4. The Kier molecular flexibility index (Phi) is 12.9. The highest BCUT2D eigenvalue weighted by molar-refractivity contribution is 5.90. The van der Waals surface area contributed by atoms with Crippen LogP contribution in [0, 0.1) is 5.92 Å². The Bertz CT molecular complexity index is 1300. The van der Waals surface area contributed by atoms with E-state index in [1.54, 1.807) is 12.1 Å². The normalized spacial score (nSPS) is 34.4. The van der Waals surface area contributed by atoms with E-state index in [-0.39, 0.29) is 0 Å². The minimum Gasteiger partial charge on any atom is -0.462 e. The largest absolute Gasteiger partial charge is 0.462 e. The van der Waals surface area contributed by atoms with Gasteiger partial charge in [-0.05, 0) is 96.1 Å². The van der Waals surface area contributed by atoms with Gasteiger partial charge in [-0.1, -0.05) is 23.3 Å². The number of aliphatic hydroxyl groups is 6. The summed E-state index contributed by atoms with van der Waals surface area (Å²) < 4.78 is 29.7. The minimum atomic E-state index is -1.67. The average molecular weight is 692 g/mol. The summed E-state index contributed by atoms with van der Waals surface area (Å²) in [5.41, 5.74) is 3.70. The van der Waals surface area contributed by atoms with Gasteiger partial charge in [0.2, 0.25) is 6.29 Å². The smallest absolute Gasteiger partial charge is 0.338 e. The molecule has 5 rings (SSSR count). The second-order valence-corrected chi connectivity index (χ2v) is 14.1. The summed E-state index contributed by atoms with van der Waals surface area (Å²) in [5, 5.41) is 62.2. The first-order valence-corrected chi connectivity index (χ1v) is 17.3. The number of fused-ring (bicyclic) bond motifs is 1. The van der Waals surface area contributed by atoms with Crippen LogP contribution in [-0.4, -0.2) is 136 Å². The number of benzene rings is 1. The third-order valence-corrected chi connectivity index (χ3v) is 9.96. The lowest BCUT2D eigenvalue weighted by atomic mass is 9.96. The van der Waals surface area contributed by atoms with Gasteiger partial charge < -0.3 is 54.3 Å². The van der Waals surface area contributed by atoms with Crippen LogP contribution in [0.3, 0.4) is 0 Å². The van der Waals surface area contributed by atoms with Crippen molar-refractivity contribution in [3.8, 4) is 5.75 Å². The molecule has 4 saturated heterocycles. The number of hydrogen-bond donors (Lipinski definition) is 6. The van der Waals surface area contributed by atoms with E-state index in [0.29, 0.717) is 53.8 Å². The Hall–Kier alpha value is -2.43. The minimum absolute atomic E-state index is 0.308. The topological polar surface area (TPSA) is 188 Å². The first-order chi connectivity index (χ1) is 23.4. The quantitative estimate of drug-likeness (QED) is 0.127. The first-order valence-electron chi connectivity index (χ1n) is 17.3. The molecule has 13 heteroatoms. The van der Waals surface area contributed by atoms with Crippen molar-refractivity contribution in [2.75, 3.05) is 32.9 Å². The van der Waals surface area contributed by atoms with Crippen molar-refractivity contribution in [1.82, 2.24) is 4.90 Å². The Morgan fingerprint density at radius 2 is 1.43 bits per heavy atom. The average Bonchev–Trinajstić information content (AvgIpc) is 3.77. The molecule has 4 fully saturated rings. The van der Waals surface area contributed by atoms with E-state index in [2.05, 4.69) is 4.90 Å². The van der Waals surface area contributed by atoms with E-state index >= 15 is 0 Å². The van der Waals surface area contributed by atoms with Crippen molar-refractivity contribution >= 4 is 5.97 Å². The highest BCUT2D eigenvalue weighted by Gasteiger charge is 2.51. The maximum absolute atomic E-state index is 13.6. The van der Waals surface area contributed by atoms with E-state index in [9.17, 15) is 35.4 Å². The molecule has 49 heavy (non-hydrogen) atoms. The molecule has 0 unspecified atom stereocenters. The van der Waals surface area contributed by atoms with Gasteiger partial charge in [0, 0.05) is 12.0 Å². The van der Waals surface area contributed by atoms with Crippen molar-refractivity contribution < 1.29 is 59.1 Å². The van der Waals surface area contributed by atoms with Crippen molar-refractivity contribution in [3.05, 3.63) is 52.1 Å². The number of ether oxygens (including phenoxy) is 5. The Morgan fingerprint density at radius 3 is 2.02 bits per heavy atom. The molecule has 6 N–H and O–H groups in total. The predicted octanol–water partition coefficient (Wildman–Crippen LogP) is 0.987. The molecular formula is C36H53NO12. The van der Waals surface area contributed by atoms with Crippen LogP contribution in [0.15, 0.2) is 35.4 Å². The zero-order valence-electron chi connectivity index (χ0n) is 28.8. The van der Waals surface area contributed by atoms with E-state index in [0.717, 1.165) is 37.1 Å². The van der Waals surface area contributed by atoms with Crippen LogP contribution in [0.2, 0.25) is 0 Å². The predicted molar refractivity (Wildman–Crippen MR) is 177 cm³/mol. The highest BCUT2D eigenvalue weighted by Crippen LogP contribution is 2.36. The number of carbonyl (C=O) groups excluding carboxylic acids is 1. The summed E-state index contributed by atoms with van der Waals surface area (Å²) in [6, 6.07) is 3.90. The fraction of sp³-hybridized carbons (Fsp3) is 0.694.